The molecule has 1 atom stereocenters. The van der Waals surface area contributed by atoms with E-state index < -0.39 is 0 Å². The van der Waals surface area contributed by atoms with E-state index in [1.165, 1.54) is 0 Å². The minimum absolute atomic E-state index is 0.0266. The molecule has 2 heterocycles. The molecule has 4 rings (SSSR count). The molecule has 5 nitrogen and oxygen atoms in total. The zero-order valence-corrected chi connectivity index (χ0v) is 17.1. The number of piperidine rings is 1. The van der Waals surface area contributed by atoms with Gasteiger partial charge in [-0.2, -0.15) is 5.10 Å². The Morgan fingerprint density at radius 2 is 1.72 bits per heavy atom. The number of hydrogen-bond acceptors (Lipinski definition) is 3. The molecule has 5 heteroatoms. The van der Waals surface area contributed by atoms with E-state index in [1.54, 1.807) is 0 Å². The standard InChI is InChI=1S/C24H28N4O/c1-18-15-19(2)17-21(16-18)26-24(29)23(20-7-4-3-5-8-20)27-13-9-22(10-14-27)28-12-6-11-25-28/h3-8,11-12,15-17,22-23H,9-10,13-14H2,1-2H3,(H,26,29)/t23-/m0/s1. The van der Waals surface area contributed by atoms with E-state index >= 15 is 0 Å². The Morgan fingerprint density at radius 3 is 2.34 bits per heavy atom. The van der Waals surface area contributed by atoms with Gasteiger partial charge in [-0.15, -0.1) is 0 Å². The van der Waals surface area contributed by atoms with Crippen LogP contribution in [0.25, 0.3) is 0 Å². The first kappa shape index (κ1) is 19.4. The highest BCUT2D eigenvalue weighted by Gasteiger charge is 2.31. The van der Waals surface area contributed by atoms with Crippen LogP contribution in [0.3, 0.4) is 0 Å². The Kier molecular flexibility index (Phi) is 5.76. The predicted octanol–water partition coefficient (Wildman–Crippen LogP) is 4.52. The van der Waals surface area contributed by atoms with Gasteiger partial charge in [-0.25, -0.2) is 0 Å². The summed E-state index contributed by atoms with van der Waals surface area (Å²) >= 11 is 0. The summed E-state index contributed by atoms with van der Waals surface area (Å²) in [7, 11) is 0. The lowest BCUT2D eigenvalue weighted by Gasteiger charge is -2.37. The monoisotopic (exact) mass is 388 g/mol. The van der Waals surface area contributed by atoms with Crippen molar-refractivity contribution in [3.05, 3.63) is 83.7 Å². The quantitative estimate of drug-likeness (QED) is 0.699. The van der Waals surface area contributed by atoms with Gasteiger partial charge in [0.15, 0.2) is 0 Å². The van der Waals surface area contributed by atoms with Crippen molar-refractivity contribution >= 4 is 11.6 Å². The van der Waals surface area contributed by atoms with E-state index in [9.17, 15) is 4.79 Å². The highest BCUT2D eigenvalue weighted by Crippen LogP contribution is 2.30. The number of hydrogen-bond donors (Lipinski definition) is 1. The first-order chi connectivity index (χ1) is 14.1. The van der Waals surface area contributed by atoms with Gasteiger partial charge in [0.05, 0.1) is 6.04 Å². The molecule has 0 spiro atoms. The van der Waals surface area contributed by atoms with Gasteiger partial charge in [0.2, 0.25) is 5.91 Å². The lowest BCUT2D eigenvalue weighted by Crippen LogP contribution is -2.42. The van der Waals surface area contributed by atoms with Crippen molar-refractivity contribution in [3.8, 4) is 0 Å². The second-order valence-electron chi connectivity index (χ2n) is 7.93. The maximum absolute atomic E-state index is 13.4. The van der Waals surface area contributed by atoms with Crippen LogP contribution in [0.4, 0.5) is 5.69 Å². The highest BCUT2D eigenvalue weighted by molar-refractivity contribution is 5.95. The van der Waals surface area contributed by atoms with Gasteiger partial charge in [-0.05, 0) is 61.6 Å². The predicted molar refractivity (Wildman–Crippen MR) is 116 cm³/mol. The molecule has 0 unspecified atom stereocenters. The van der Waals surface area contributed by atoms with Crippen LogP contribution in [0.1, 0.15) is 41.6 Å². The van der Waals surface area contributed by atoms with Crippen LogP contribution in [0.15, 0.2) is 67.0 Å². The minimum Gasteiger partial charge on any atom is -0.324 e. The summed E-state index contributed by atoms with van der Waals surface area (Å²) < 4.78 is 2.05. The fraction of sp³-hybridized carbons (Fsp3) is 0.333. The van der Waals surface area contributed by atoms with Crippen LogP contribution in [0.5, 0.6) is 0 Å². The van der Waals surface area contributed by atoms with Crippen LogP contribution >= 0.6 is 0 Å². The third kappa shape index (κ3) is 4.57. The van der Waals surface area contributed by atoms with Crippen LogP contribution in [-0.2, 0) is 4.79 Å². The van der Waals surface area contributed by atoms with Crippen molar-refractivity contribution in [2.24, 2.45) is 0 Å². The maximum Gasteiger partial charge on any atom is 0.246 e. The first-order valence-electron chi connectivity index (χ1n) is 10.3. The van der Waals surface area contributed by atoms with Crippen LogP contribution < -0.4 is 5.32 Å². The van der Waals surface area contributed by atoms with Gasteiger partial charge in [0, 0.05) is 31.2 Å². The number of carbonyl (C=O) groups excluding carboxylic acids is 1. The summed E-state index contributed by atoms with van der Waals surface area (Å²) in [4.78, 5) is 15.7. The number of nitrogens with one attached hydrogen (secondary N) is 1. The minimum atomic E-state index is -0.296. The van der Waals surface area contributed by atoms with E-state index in [2.05, 4.69) is 35.2 Å². The third-order valence-corrected chi connectivity index (χ3v) is 5.62. The van der Waals surface area contributed by atoms with Gasteiger partial charge < -0.3 is 5.32 Å². The van der Waals surface area contributed by atoms with Crippen molar-refractivity contribution < 1.29 is 4.79 Å². The average molecular weight is 389 g/mol. The molecular formula is C24H28N4O. The van der Waals surface area contributed by atoms with Gasteiger partial charge in [-0.1, -0.05) is 36.4 Å². The Balaban J connectivity index is 1.53. The molecule has 29 heavy (non-hydrogen) atoms. The topological polar surface area (TPSA) is 50.2 Å². The molecule has 0 saturated carbocycles. The van der Waals surface area contributed by atoms with Crippen molar-refractivity contribution in [2.45, 2.75) is 38.8 Å². The lowest BCUT2D eigenvalue weighted by atomic mass is 9.98. The second kappa shape index (κ2) is 8.62. The van der Waals surface area contributed by atoms with E-state index in [-0.39, 0.29) is 11.9 Å². The number of anilines is 1. The number of carbonyl (C=O) groups is 1. The van der Waals surface area contributed by atoms with E-state index in [0.717, 1.165) is 48.3 Å². The molecular weight excluding hydrogens is 360 g/mol. The highest BCUT2D eigenvalue weighted by atomic mass is 16.2. The molecule has 1 amide bonds. The van der Waals surface area contributed by atoms with Crippen molar-refractivity contribution in [1.82, 2.24) is 14.7 Å². The molecule has 0 bridgehead atoms. The molecule has 1 saturated heterocycles. The SMILES string of the molecule is Cc1cc(C)cc(NC(=O)[C@H](c2ccccc2)N2CCC(n3cccn3)CC2)c1. The van der Waals surface area contributed by atoms with Crippen molar-refractivity contribution in [1.29, 1.82) is 0 Å². The van der Waals surface area contributed by atoms with Gasteiger partial charge in [0.1, 0.15) is 6.04 Å². The van der Waals surface area contributed by atoms with Crippen LogP contribution in [-0.4, -0.2) is 33.7 Å². The van der Waals surface area contributed by atoms with E-state index in [1.807, 2.05) is 65.6 Å². The molecule has 1 fully saturated rings. The number of aromatic nitrogens is 2. The van der Waals surface area contributed by atoms with Gasteiger partial charge >= 0.3 is 0 Å². The third-order valence-electron chi connectivity index (χ3n) is 5.62. The van der Waals surface area contributed by atoms with Crippen molar-refractivity contribution in [3.63, 3.8) is 0 Å². The number of benzene rings is 2. The van der Waals surface area contributed by atoms with E-state index in [0.29, 0.717) is 6.04 Å². The zero-order chi connectivity index (χ0) is 20.2. The Morgan fingerprint density at radius 1 is 1.03 bits per heavy atom. The fourth-order valence-corrected chi connectivity index (χ4v) is 4.33. The average Bonchev–Trinajstić information content (AvgIpc) is 3.23. The fourth-order valence-electron chi connectivity index (χ4n) is 4.33. The first-order valence-corrected chi connectivity index (χ1v) is 10.3. The molecule has 1 N–H and O–H groups in total. The maximum atomic E-state index is 13.4. The summed E-state index contributed by atoms with van der Waals surface area (Å²) in [6.07, 6.45) is 5.84. The van der Waals surface area contributed by atoms with Crippen LogP contribution in [0, 0.1) is 13.8 Å². The largest absolute Gasteiger partial charge is 0.324 e. The Labute approximate surface area is 172 Å². The van der Waals surface area contributed by atoms with Gasteiger partial charge in [-0.3, -0.25) is 14.4 Å². The van der Waals surface area contributed by atoms with E-state index in [4.69, 9.17) is 0 Å². The molecule has 2 aromatic carbocycles. The second-order valence-corrected chi connectivity index (χ2v) is 7.93. The Hall–Kier alpha value is -2.92. The smallest absolute Gasteiger partial charge is 0.246 e. The van der Waals surface area contributed by atoms with Crippen LogP contribution in [0.2, 0.25) is 0 Å². The molecule has 0 radical (unpaired) electrons. The number of likely N-dealkylation sites (tertiary alicyclic amines) is 1. The molecule has 1 aliphatic heterocycles. The Bertz CT molecular complexity index is 924. The molecule has 3 aromatic rings. The number of amides is 1. The molecule has 1 aromatic heterocycles. The summed E-state index contributed by atoms with van der Waals surface area (Å²) in [5, 5.41) is 7.55. The van der Waals surface area contributed by atoms with Gasteiger partial charge in [0.25, 0.3) is 0 Å². The normalized spacial score (nSPS) is 16.5. The summed E-state index contributed by atoms with van der Waals surface area (Å²) in [5.74, 6) is 0.0266. The number of rotatable bonds is 5. The molecule has 150 valence electrons. The lowest BCUT2D eigenvalue weighted by molar-refractivity contribution is -0.122. The van der Waals surface area contributed by atoms with Crippen molar-refractivity contribution in [2.75, 3.05) is 18.4 Å². The number of nitrogens with zero attached hydrogens (tertiary/aromatic N) is 3. The molecule has 0 aliphatic carbocycles. The molecule has 1 aliphatic rings. The zero-order valence-electron chi connectivity index (χ0n) is 17.1. The summed E-state index contributed by atoms with van der Waals surface area (Å²) in [5.41, 5.74) is 4.19. The number of aryl methyl sites for hydroxylation is 2. The summed E-state index contributed by atoms with van der Waals surface area (Å²) in [6, 6.07) is 18.3. The summed E-state index contributed by atoms with van der Waals surface area (Å²) in [6.45, 7) is 5.84.